The molecule has 0 aliphatic heterocycles. The first kappa shape index (κ1) is 45.0. The molecule has 0 fully saturated rings. The van der Waals surface area contributed by atoms with Crippen LogP contribution in [-0.4, -0.2) is 3.21 Å². The normalized spacial score (nSPS) is 15.9. The molecular formula is C46H48Cl2F6Zr. The van der Waals surface area contributed by atoms with Crippen LogP contribution < -0.4 is 24.8 Å². The molecule has 0 nitrogen and oxygen atoms in total. The van der Waals surface area contributed by atoms with Gasteiger partial charge >= 0.3 is 320 Å². The van der Waals surface area contributed by atoms with Gasteiger partial charge in [0.25, 0.3) is 0 Å². The first-order valence-electron chi connectivity index (χ1n) is 18.2. The van der Waals surface area contributed by atoms with E-state index in [0.29, 0.717) is 14.3 Å². The van der Waals surface area contributed by atoms with Crippen molar-refractivity contribution in [3.05, 3.63) is 150 Å². The van der Waals surface area contributed by atoms with Gasteiger partial charge in [0.2, 0.25) is 0 Å². The maximum Gasteiger partial charge on any atom is -1.00 e. The van der Waals surface area contributed by atoms with Crippen LogP contribution in [0.25, 0.3) is 11.1 Å². The van der Waals surface area contributed by atoms with Gasteiger partial charge in [0.15, 0.2) is 0 Å². The molecular weight excluding hydrogens is 829 g/mol. The molecule has 0 saturated carbocycles. The number of allylic oxidation sites excluding steroid dienone is 4. The molecule has 2 aliphatic rings. The van der Waals surface area contributed by atoms with Gasteiger partial charge < -0.3 is 24.8 Å². The minimum absolute atomic E-state index is 0. The minimum atomic E-state index is -4.63. The third kappa shape index (κ3) is 9.05. The van der Waals surface area contributed by atoms with Crippen LogP contribution >= 0.6 is 0 Å². The summed E-state index contributed by atoms with van der Waals surface area (Å²) in [7, 11) is 0. The number of halogens is 8. The fraction of sp³-hybridized carbons (Fsp3) is 0.370. The van der Waals surface area contributed by atoms with Gasteiger partial charge in [-0.3, -0.25) is 0 Å². The van der Waals surface area contributed by atoms with Crippen LogP contribution in [-0.2, 0) is 44.4 Å². The molecule has 292 valence electrons. The third-order valence-electron chi connectivity index (χ3n) is 10.7. The van der Waals surface area contributed by atoms with E-state index in [9.17, 15) is 26.3 Å². The van der Waals surface area contributed by atoms with Gasteiger partial charge in [0.1, 0.15) is 0 Å². The third-order valence-corrected chi connectivity index (χ3v) is 19.4. The molecule has 1 unspecified atom stereocenters. The van der Waals surface area contributed by atoms with Crippen LogP contribution in [0, 0.1) is 11.3 Å². The number of alkyl halides is 6. The fourth-order valence-corrected chi connectivity index (χ4v) is 17.0. The molecule has 0 spiro atoms. The van der Waals surface area contributed by atoms with E-state index in [-0.39, 0.29) is 50.6 Å². The molecule has 4 aromatic rings. The van der Waals surface area contributed by atoms with Crippen molar-refractivity contribution in [1.29, 1.82) is 0 Å². The van der Waals surface area contributed by atoms with Crippen LogP contribution in [0.2, 0.25) is 0 Å². The summed E-state index contributed by atoms with van der Waals surface area (Å²) >= 11 is -3.78. The topological polar surface area (TPSA) is 0 Å². The van der Waals surface area contributed by atoms with Gasteiger partial charge in [-0.05, 0) is 0 Å². The van der Waals surface area contributed by atoms with E-state index < -0.39 is 44.7 Å². The molecule has 0 saturated heterocycles. The molecule has 1 atom stereocenters. The Balaban J connectivity index is 0.00000336. The Morgan fingerprint density at radius 3 is 1.29 bits per heavy atom. The van der Waals surface area contributed by atoms with Crippen molar-refractivity contribution in [2.24, 2.45) is 11.3 Å². The van der Waals surface area contributed by atoms with Gasteiger partial charge in [0, 0.05) is 0 Å². The summed E-state index contributed by atoms with van der Waals surface area (Å²) in [5.41, 5.74) is 6.23. The molecule has 4 aromatic carbocycles. The predicted octanol–water partition coefficient (Wildman–Crippen LogP) is 7.79. The Hall–Kier alpha value is -2.73. The summed E-state index contributed by atoms with van der Waals surface area (Å²) in [5.74, 6) is -0.0469. The molecule has 0 heterocycles. The van der Waals surface area contributed by atoms with E-state index in [1.807, 2.05) is 0 Å². The zero-order valence-corrected chi connectivity index (χ0v) is 36.9. The van der Waals surface area contributed by atoms with Crippen molar-refractivity contribution in [3.8, 4) is 11.1 Å². The molecule has 0 radical (unpaired) electrons. The van der Waals surface area contributed by atoms with Crippen molar-refractivity contribution >= 4 is 3.21 Å². The maximum atomic E-state index is 14.4. The smallest absolute Gasteiger partial charge is 1.00 e. The van der Waals surface area contributed by atoms with Crippen molar-refractivity contribution in [2.45, 2.75) is 96.0 Å². The molecule has 9 heteroatoms. The van der Waals surface area contributed by atoms with Crippen LogP contribution in [0.5, 0.6) is 0 Å². The van der Waals surface area contributed by atoms with Gasteiger partial charge in [-0.25, -0.2) is 0 Å². The second-order valence-corrected chi connectivity index (χ2v) is 23.8. The quantitative estimate of drug-likeness (QED) is 0.184. The Morgan fingerprint density at radius 1 is 0.527 bits per heavy atom. The summed E-state index contributed by atoms with van der Waals surface area (Å²) in [5, 5.41) is 0. The molecule has 0 amide bonds. The number of benzene rings is 4. The monoisotopic (exact) mass is 874 g/mol. The Morgan fingerprint density at radius 2 is 0.945 bits per heavy atom. The Labute approximate surface area is 342 Å². The second kappa shape index (κ2) is 15.6. The summed E-state index contributed by atoms with van der Waals surface area (Å²) in [6, 6.07) is 23.7. The molecule has 55 heavy (non-hydrogen) atoms. The molecule has 0 aromatic heterocycles. The van der Waals surface area contributed by atoms with Crippen LogP contribution in [0.4, 0.5) is 26.3 Å². The van der Waals surface area contributed by atoms with Gasteiger partial charge in [-0.1, -0.05) is 0 Å². The number of hydrogen-bond acceptors (Lipinski definition) is 0. The average Bonchev–Trinajstić information content (AvgIpc) is 3.59. The minimum Gasteiger partial charge on any atom is -1.00 e. The largest absolute Gasteiger partial charge is 1.00 e. The van der Waals surface area contributed by atoms with E-state index in [1.54, 1.807) is 12.1 Å². The van der Waals surface area contributed by atoms with Crippen molar-refractivity contribution in [1.82, 2.24) is 0 Å². The van der Waals surface area contributed by atoms with Crippen molar-refractivity contribution in [2.75, 3.05) is 0 Å². The van der Waals surface area contributed by atoms with Gasteiger partial charge in [-0.2, -0.15) is 0 Å². The van der Waals surface area contributed by atoms with Gasteiger partial charge in [-0.15, -0.1) is 0 Å². The molecule has 6 rings (SSSR count). The summed E-state index contributed by atoms with van der Waals surface area (Å²) in [6.07, 6.45) is -4.76. The maximum absolute atomic E-state index is 14.4. The fourth-order valence-electron chi connectivity index (χ4n) is 7.64. The summed E-state index contributed by atoms with van der Waals surface area (Å²) < 4.78 is 88.3. The zero-order chi connectivity index (χ0) is 39.1. The van der Waals surface area contributed by atoms with Crippen LogP contribution in [0.1, 0.15) is 117 Å². The van der Waals surface area contributed by atoms with E-state index in [1.165, 1.54) is 12.1 Å². The summed E-state index contributed by atoms with van der Waals surface area (Å²) in [6.45, 7) is 21.5. The predicted molar refractivity (Wildman–Crippen MR) is 202 cm³/mol. The van der Waals surface area contributed by atoms with Gasteiger partial charge in [0.05, 0.1) is 0 Å². The van der Waals surface area contributed by atoms with Crippen LogP contribution in [0.15, 0.2) is 106 Å². The number of hydrogen-bond donors (Lipinski definition) is 0. The Bertz CT molecular complexity index is 2060. The molecule has 0 N–H and O–H groups in total. The molecule has 2 aliphatic carbocycles. The van der Waals surface area contributed by atoms with E-state index >= 15 is 0 Å². The second-order valence-electron chi connectivity index (χ2n) is 17.7. The average molecular weight is 877 g/mol. The first-order valence-corrected chi connectivity index (χ1v) is 22.1. The standard InChI is InChI=1S/C21H25.C15H8F6.C10H15.2ClH.Zr/c1-20(2,3)16-7-9-18-14(12-16)11-15-13-17(21(4,5)6)8-10-19(15)18;16-14(17,18)12-5-1-3-10(8-12)7-11-4-2-6-13(9-11)15(19,20)21;1-8-5-6-9(7-8)10(2,3)4;;;/h7-13H,1-6H3;1-6,8-9H;6-8H,1-4H3;2*1H;/q;;;;;+2/p-2. The zero-order valence-electron chi connectivity index (χ0n) is 32.9. The van der Waals surface area contributed by atoms with Crippen molar-refractivity contribution in [3.63, 3.8) is 0 Å². The van der Waals surface area contributed by atoms with Crippen LogP contribution in [0.3, 0.4) is 0 Å². The van der Waals surface area contributed by atoms with Crippen molar-refractivity contribution < 1.29 is 72.4 Å². The summed E-state index contributed by atoms with van der Waals surface area (Å²) in [4.78, 5) is 0. The molecule has 0 bridgehead atoms. The first-order chi connectivity index (χ1) is 24.4. The number of fused-ring (bicyclic) bond motifs is 3. The number of rotatable bonds is 4. The SMILES string of the molecule is CC1C=C(C(C)(C)C)C=[C]1[Zr+2](=[C](c1cccc(C(F)(F)F)c1)c1cccc(C(F)(F)F)c1)[CH]1c2cc(C(C)(C)C)ccc2-c2ccc(C(C)(C)C)cc21.[Cl-].[Cl-]. The van der Waals surface area contributed by atoms with E-state index in [4.69, 9.17) is 0 Å². The van der Waals surface area contributed by atoms with E-state index in [2.05, 4.69) is 118 Å². The van der Waals surface area contributed by atoms with E-state index in [0.717, 1.165) is 66.5 Å². The Kier molecular flexibility index (Phi) is 12.7.